The summed E-state index contributed by atoms with van der Waals surface area (Å²) in [6.07, 6.45) is -0.456. The second kappa shape index (κ2) is 8.29. The summed E-state index contributed by atoms with van der Waals surface area (Å²) in [6.45, 7) is 2.26. The van der Waals surface area contributed by atoms with Crippen molar-refractivity contribution in [2.24, 2.45) is 0 Å². The van der Waals surface area contributed by atoms with Gasteiger partial charge in [-0.3, -0.25) is 0 Å². The van der Waals surface area contributed by atoms with E-state index in [2.05, 4.69) is 29.7 Å². The number of nitrogens with one attached hydrogen (secondary N) is 2. The van der Waals surface area contributed by atoms with Gasteiger partial charge in [0.05, 0.1) is 23.8 Å². The van der Waals surface area contributed by atoms with Crippen LogP contribution in [0.1, 0.15) is 11.1 Å². The molecule has 0 atom stereocenters. The molecule has 6 nitrogen and oxygen atoms in total. The predicted molar refractivity (Wildman–Crippen MR) is 120 cm³/mol. The molecule has 0 aliphatic heterocycles. The lowest BCUT2D eigenvalue weighted by molar-refractivity contribution is 0.142. The number of anilines is 2. The maximum Gasteiger partial charge on any atom is 0.407 e. The van der Waals surface area contributed by atoms with Crippen LogP contribution in [-0.4, -0.2) is 25.2 Å². The van der Waals surface area contributed by atoms with Crippen LogP contribution in [0.5, 0.6) is 5.75 Å². The molecular formula is C24H23N3O3. The molecule has 0 unspecified atom stereocenters. The Morgan fingerprint density at radius 3 is 2.53 bits per heavy atom. The Morgan fingerprint density at radius 1 is 1.00 bits per heavy atom. The number of benzene rings is 3. The van der Waals surface area contributed by atoms with E-state index in [0.717, 1.165) is 50.1 Å². The Labute approximate surface area is 174 Å². The van der Waals surface area contributed by atoms with Gasteiger partial charge in [0.15, 0.2) is 0 Å². The summed E-state index contributed by atoms with van der Waals surface area (Å²) in [7, 11) is 3.19. The van der Waals surface area contributed by atoms with E-state index in [1.165, 1.54) is 7.05 Å². The lowest BCUT2D eigenvalue weighted by atomic mass is 10.0. The average molecular weight is 401 g/mol. The molecule has 4 rings (SSSR count). The maximum atomic E-state index is 11.4. The largest absolute Gasteiger partial charge is 0.497 e. The van der Waals surface area contributed by atoms with Gasteiger partial charge in [-0.15, -0.1) is 0 Å². The number of rotatable bonds is 5. The fraction of sp³-hybridized carbons (Fsp3) is 0.167. The van der Waals surface area contributed by atoms with Crippen molar-refractivity contribution in [3.63, 3.8) is 0 Å². The van der Waals surface area contributed by atoms with Gasteiger partial charge < -0.3 is 20.1 Å². The summed E-state index contributed by atoms with van der Waals surface area (Å²) < 4.78 is 10.6. The molecule has 1 amide bonds. The highest BCUT2D eigenvalue weighted by Crippen LogP contribution is 2.35. The second-order valence-electron chi connectivity index (χ2n) is 7.04. The molecule has 0 radical (unpaired) electrons. The minimum Gasteiger partial charge on any atom is -0.497 e. The zero-order chi connectivity index (χ0) is 21.1. The first kappa shape index (κ1) is 19.5. The van der Waals surface area contributed by atoms with E-state index in [-0.39, 0.29) is 6.61 Å². The number of alkyl carbamates (subject to hydrolysis) is 1. The van der Waals surface area contributed by atoms with Crippen molar-refractivity contribution in [2.75, 3.05) is 19.5 Å². The lowest BCUT2D eigenvalue weighted by Gasteiger charge is -2.15. The van der Waals surface area contributed by atoms with Gasteiger partial charge in [0.25, 0.3) is 0 Å². The van der Waals surface area contributed by atoms with Crippen molar-refractivity contribution in [2.45, 2.75) is 13.5 Å². The van der Waals surface area contributed by atoms with Crippen LogP contribution >= 0.6 is 0 Å². The lowest BCUT2D eigenvalue weighted by Crippen LogP contribution is -2.18. The van der Waals surface area contributed by atoms with Crippen molar-refractivity contribution in [1.82, 2.24) is 10.3 Å². The van der Waals surface area contributed by atoms with Gasteiger partial charge in [-0.1, -0.05) is 23.8 Å². The first-order valence-electron chi connectivity index (χ1n) is 9.66. The Hall–Kier alpha value is -3.80. The van der Waals surface area contributed by atoms with E-state index in [9.17, 15) is 4.79 Å². The number of hydrogen-bond donors (Lipinski definition) is 2. The van der Waals surface area contributed by atoms with E-state index in [1.54, 1.807) is 7.11 Å². The number of methoxy groups -OCH3 is 1. The normalized spacial score (nSPS) is 10.8. The molecule has 2 N–H and O–H groups in total. The summed E-state index contributed by atoms with van der Waals surface area (Å²) in [5, 5.41) is 8.01. The highest BCUT2D eigenvalue weighted by atomic mass is 16.5. The van der Waals surface area contributed by atoms with E-state index in [4.69, 9.17) is 14.5 Å². The fourth-order valence-electron chi connectivity index (χ4n) is 3.40. The number of ether oxygens (including phenoxy) is 2. The summed E-state index contributed by atoms with van der Waals surface area (Å²) >= 11 is 0. The van der Waals surface area contributed by atoms with Gasteiger partial charge in [0, 0.05) is 23.5 Å². The van der Waals surface area contributed by atoms with Crippen LogP contribution < -0.4 is 15.4 Å². The monoisotopic (exact) mass is 401 g/mol. The van der Waals surface area contributed by atoms with Gasteiger partial charge in [-0.25, -0.2) is 9.78 Å². The maximum absolute atomic E-state index is 11.4. The van der Waals surface area contributed by atoms with Crippen LogP contribution in [0.15, 0.2) is 60.7 Å². The highest BCUT2D eigenvalue weighted by Gasteiger charge is 2.12. The minimum absolute atomic E-state index is 0.194. The molecule has 0 saturated heterocycles. The standard InChI is InChI=1S/C24H23N3O3/c1-15-7-9-21-19(11-15)23(20-13-18(29-3)8-10-22(20)27-21)26-17-6-4-5-16(12-17)14-30-24(28)25-2/h4-13H,14H2,1-3H3,(H,25,28)(H,26,27). The number of fused-ring (bicyclic) bond motifs is 2. The summed E-state index contributed by atoms with van der Waals surface area (Å²) in [6, 6.07) is 19.9. The molecule has 3 aromatic carbocycles. The number of pyridine rings is 1. The van der Waals surface area contributed by atoms with Crippen LogP contribution in [-0.2, 0) is 11.3 Å². The van der Waals surface area contributed by atoms with Crippen LogP contribution in [0.4, 0.5) is 16.2 Å². The van der Waals surface area contributed by atoms with E-state index >= 15 is 0 Å². The number of amides is 1. The number of aryl methyl sites for hydroxylation is 1. The van der Waals surface area contributed by atoms with Gasteiger partial charge >= 0.3 is 6.09 Å². The Bertz CT molecular complexity index is 1240. The molecule has 1 aromatic heterocycles. The Balaban J connectivity index is 1.80. The van der Waals surface area contributed by atoms with Gasteiger partial charge in [-0.05, 0) is 55.0 Å². The summed E-state index contributed by atoms with van der Waals surface area (Å²) in [5.41, 5.74) is 5.70. The van der Waals surface area contributed by atoms with Crippen molar-refractivity contribution >= 4 is 39.3 Å². The zero-order valence-corrected chi connectivity index (χ0v) is 17.2. The van der Waals surface area contributed by atoms with Crippen LogP contribution in [0.25, 0.3) is 21.8 Å². The van der Waals surface area contributed by atoms with Gasteiger partial charge in [0.1, 0.15) is 12.4 Å². The van der Waals surface area contributed by atoms with Crippen LogP contribution in [0.3, 0.4) is 0 Å². The first-order valence-corrected chi connectivity index (χ1v) is 9.66. The third-order valence-electron chi connectivity index (χ3n) is 4.91. The van der Waals surface area contributed by atoms with E-state index in [0.29, 0.717) is 0 Å². The summed E-state index contributed by atoms with van der Waals surface area (Å²) in [5.74, 6) is 0.770. The molecule has 0 spiro atoms. The third kappa shape index (κ3) is 3.98. The van der Waals surface area contributed by atoms with Crippen molar-refractivity contribution < 1.29 is 14.3 Å². The first-order chi connectivity index (χ1) is 14.6. The molecule has 0 aliphatic rings. The molecule has 0 bridgehead atoms. The molecule has 30 heavy (non-hydrogen) atoms. The SMILES string of the molecule is CNC(=O)OCc1cccc(Nc2c3cc(C)ccc3nc3ccc(OC)cc23)c1. The van der Waals surface area contributed by atoms with Crippen LogP contribution in [0.2, 0.25) is 0 Å². The fourth-order valence-corrected chi connectivity index (χ4v) is 3.40. The second-order valence-corrected chi connectivity index (χ2v) is 7.04. The smallest absolute Gasteiger partial charge is 0.407 e. The van der Waals surface area contributed by atoms with Crippen molar-refractivity contribution in [3.8, 4) is 5.75 Å². The average Bonchev–Trinajstić information content (AvgIpc) is 2.77. The quantitative estimate of drug-likeness (QED) is 0.444. The molecule has 0 saturated carbocycles. The Kier molecular flexibility index (Phi) is 5.39. The number of carbonyl (C=O) groups is 1. The number of carbonyl (C=O) groups excluding carboxylic acids is 1. The predicted octanol–water partition coefficient (Wildman–Crippen LogP) is 5.30. The third-order valence-corrected chi connectivity index (χ3v) is 4.91. The topological polar surface area (TPSA) is 72.5 Å². The molecule has 0 aliphatic carbocycles. The molecule has 0 fully saturated rings. The minimum atomic E-state index is -0.456. The van der Waals surface area contributed by atoms with E-state index < -0.39 is 6.09 Å². The molecule has 1 heterocycles. The number of nitrogens with zero attached hydrogens (tertiary/aromatic N) is 1. The van der Waals surface area contributed by atoms with Crippen molar-refractivity contribution in [3.05, 3.63) is 71.8 Å². The molecule has 4 aromatic rings. The number of aromatic nitrogens is 1. The molecular weight excluding hydrogens is 378 g/mol. The zero-order valence-electron chi connectivity index (χ0n) is 17.2. The van der Waals surface area contributed by atoms with E-state index in [1.807, 2.05) is 48.5 Å². The molecule has 6 heteroatoms. The highest BCUT2D eigenvalue weighted by molar-refractivity contribution is 6.09. The Morgan fingerprint density at radius 2 is 1.77 bits per heavy atom. The molecule has 152 valence electrons. The van der Waals surface area contributed by atoms with Crippen molar-refractivity contribution in [1.29, 1.82) is 0 Å². The van der Waals surface area contributed by atoms with Crippen LogP contribution in [0, 0.1) is 6.92 Å². The number of hydrogen-bond acceptors (Lipinski definition) is 5. The van der Waals surface area contributed by atoms with Gasteiger partial charge in [0.2, 0.25) is 0 Å². The summed E-state index contributed by atoms with van der Waals surface area (Å²) in [4.78, 5) is 16.2. The van der Waals surface area contributed by atoms with Gasteiger partial charge in [-0.2, -0.15) is 0 Å².